The summed E-state index contributed by atoms with van der Waals surface area (Å²) in [7, 11) is 0. The molecule has 2 aliphatic heterocycles. The van der Waals surface area contributed by atoms with E-state index in [1.807, 2.05) is 0 Å². The molecule has 1 aromatic rings. The molecule has 2 aliphatic rings. The monoisotopic (exact) mass is 364 g/mol. The van der Waals surface area contributed by atoms with Gasteiger partial charge in [-0.1, -0.05) is 12.1 Å². The third-order valence-corrected chi connectivity index (χ3v) is 5.15. The van der Waals surface area contributed by atoms with Crippen molar-refractivity contribution in [1.82, 2.24) is 10.2 Å². The van der Waals surface area contributed by atoms with Crippen molar-refractivity contribution in [2.75, 3.05) is 52.5 Å². The van der Waals surface area contributed by atoms with Crippen molar-refractivity contribution in [2.45, 2.75) is 12.8 Å². The maximum absolute atomic E-state index is 12.9. The van der Waals surface area contributed by atoms with Crippen LogP contribution in [-0.4, -0.2) is 69.2 Å². The van der Waals surface area contributed by atoms with E-state index < -0.39 is 0 Å². The number of carbonyl (C=O) groups is 2. The second kappa shape index (κ2) is 9.09. The highest BCUT2D eigenvalue weighted by Gasteiger charge is 2.33. The molecule has 0 unspecified atom stereocenters. The van der Waals surface area contributed by atoms with E-state index in [1.165, 1.54) is 17.0 Å². The molecule has 2 saturated heterocycles. The van der Waals surface area contributed by atoms with Crippen LogP contribution in [0.2, 0.25) is 0 Å². The number of benzene rings is 1. The van der Waals surface area contributed by atoms with Gasteiger partial charge in [0, 0.05) is 19.5 Å². The van der Waals surface area contributed by atoms with Gasteiger partial charge in [0.2, 0.25) is 11.8 Å². The summed E-state index contributed by atoms with van der Waals surface area (Å²) in [6.45, 7) is 6.08. The summed E-state index contributed by atoms with van der Waals surface area (Å²) in [6.07, 6.45) is 0.945. The molecule has 0 bridgehead atoms. The molecule has 6 nitrogen and oxygen atoms in total. The molecule has 0 spiro atoms. The molecule has 2 fully saturated rings. The highest BCUT2D eigenvalue weighted by atomic mass is 19.1. The molecule has 2 heterocycles. The largest absolute Gasteiger partial charge is 0.370 e. The molecule has 142 valence electrons. The summed E-state index contributed by atoms with van der Waals surface area (Å²) >= 11 is 0. The van der Waals surface area contributed by atoms with Crippen LogP contribution in [0.3, 0.4) is 0 Å². The second-order valence-corrected chi connectivity index (χ2v) is 7.02. The Balaban J connectivity index is 1.38. The molecule has 0 aromatic heterocycles. The molecule has 2 N–H and O–H groups in total. The number of hydrogen-bond acceptors (Lipinski definition) is 3. The van der Waals surface area contributed by atoms with Gasteiger partial charge >= 0.3 is 0 Å². The molecule has 0 aliphatic carbocycles. The Morgan fingerprint density at radius 3 is 2.73 bits per heavy atom. The second-order valence-electron chi connectivity index (χ2n) is 7.02. The fraction of sp³-hybridized carbons (Fsp3) is 0.579. The number of hydrogen-bond donors (Lipinski definition) is 2. The van der Waals surface area contributed by atoms with Crippen LogP contribution in [-0.2, 0) is 20.7 Å². The van der Waals surface area contributed by atoms with Crippen LogP contribution in [0.15, 0.2) is 24.3 Å². The van der Waals surface area contributed by atoms with E-state index in [1.54, 1.807) is 17.0 Å². The van der Waals surface area contributed by atoms with E-state index in [0.717, 1.165) is 38.4 Å². The number of carbonyl (C=O) groups excluding carboxylic acids is 2. The van der Waals surface area contributed by atoms with Crippen LogP contribution < -0.4 is 10.2 Å². The highest BCUT2D eigenvalue weighted by molar-refractivity contribution is 5.89. The van der Waals surface area contributed by atoms with Gasteiger partial charge in [0.1, 0.15) is 18.9 Å². The lowest BCUT2D eigenvalue weighted by Crippen LogP contribution is -3.14. The van der Waals surface area contributed by atoms with Gasteiger partial charge in [-0.15, -0.1) is 0 Å². The first-order valence-corrected chi connectivity index (χ1v) is 9.33. The lowest BCUT2D eigenvalue weighted by molar-refractivity contribution is -0.906. The standard InChI is InChI=1S/C19H26FN3O3/c20-17-3-1-15(2-4-17)5-7-23-14-16(13-18(23)24)19(25)21-6-8-22-9-11-26-12-10-22/h1-4,16H,5-14H2,(H,21,25)/p+1/t16-/m1/s1. The minimum atomic E-state index is -0.268. The van der Waals surface area contributed by atoms with Gasteiger partial charge in [0.05, 0.1) is 32.2 Å². The van der Waals surface area contributed by atoms with Gasteiger partial charge in [-0.05, 0) is 24.1 Å². The fourth-order valence-corrected chi connectivity index (χ4v) is 3.50. The van der Waals surface area contributed by atoms with Crippen LogP contribution >= 0.6 is 0 Å². The predicted octanol–water partition coefficient (Wildman–Crippen LogP) is -0.752. The Morgan fingerprint density at radius 2 is 2.00 bits per heavy atom. The molecule has 3 rings (SSSR count). The number of nitrogens with one attached hydrogen (secondary N) is 2. The first kappa shape index (κ1) is 18.8. The number of nitrogens with zero attached hydrogens (tertiary/aromatic N) is 1. The lowest BCUT2D eigenvalue weighted by Gasteiger charge is -2.24. The Labute approximate surface area is 153 Å². The number of quaternary nitrogens is 1. The van der Waals surface area contributed by atoms with Crippen molar-refractivity contribution in [2.24, 2.45) is 5.92 Å². The number of halogens is 1. The van der Waals surface area contributed by atoms with Gasteiger partial charge < -0.3 is 19.9 Å². The maximum atomic E-state index is 12.9. The van der Waals surface area contributed by atoms with Crippen LogP contribution in [0.4, 0.5) is 4.39 Å². The molecular formula is C19H27FN3O3+. The number of rotatable bonds is 7. The van der Waals surface area contributed by atoms with E-state index >= 15 is 0 Å². The highest BCUT2D eigenvalue weighted by Crippen LogP contribution is 2.18. The summed E-state index contributed by atoms with van der Waals surface area (Å²) < 4.78 is 18.3. The van der Waals surface area contributed by atoms with Gasteiger partial charge in [0.25, 0.3) is 0 Å². The lowest BCUT2D eigenvalue weighted by atomic mass is 10.1. The van der Waals surface area contributed by atoms with E-state index in [0.29, 0.717) is 26.1 Å². The number of morpholine rings is 1. The molecule has 1 atom stereocenters. The number of amides is 2. The van der Waals surface area contributed by atoms with Gasteiger partial charge in [-0.3, -0.25) is 9.59 Å². The molecule has 0 saturated carbocycles. The summed E-state index contributed by atoms with van der Waals surface area (Å²) in [5, 5.41) is 2.97. The topological polar surface area (TPSA) is 63.1 Å². The zero-order chi connectivity index (χ0) is 18.4. The van der Waals surface area contributed by atoms with Crippen LogP contribution in [0.25, 0.3) is 0 Å². The minimum Gasteiger partial charge on any atom is -0.370 e. The van der Waals surface area contributed by atoms with Crippen molar-refractivity contribution < 1.29 is 23.6 Å². The minimum absolute atomic E-state index is 0.0195. The number of likely N-dealkylation sites (tertiary alicyclic amines) is 1. The first-order chi connectivity index (χ1) is 12.6. The maximum Gasteiger partial charge on any atom is 0.225 e. The SMILES string of the molecule is O=C(NCC[NH+]1CCOCC1)[C@@H]1CC(=O)N(CCc2ccc(F)cc2)C1. The third-order valence-electron chi connectivity index (χ3n) is 5.15. The third kappa shape index (κ3) is 5.25. The summed E-state index contributed by atoms with van der Waals surface area (Å²) in [6, 6.07) is 6.31. The molecule has 2 amide bonds. The summed E-state index contributed by atoms with van der Waals surface area (Å²) in [5.74, 6) is -0.543. The van der Waals surface area contributed by atoms with Crippen LogP contribution in [0.1, 0.15) is 12.0 Å². The Kier molecular flexibility index (Phi) is 6.57. The smallest absolute Gasteiger partial charge is 0.225 e. The van der Waals surface area contributed by atoms with Crippen molar-refractivity contribution in [1.29, 1.82) is 0 Å². The van der Waals surface area contributed by atoms with Crippen molar-refractivity contribution >= 4 is 11.8 Å². The molecule has 1 aromatic carbocycles. The van der Waals surface area contributed by atoms with Gasteiger partial charge in [0.15, 0.2) is 0 Å². The summed E-state index contributed by atoms with van der Waals surface area (Å²) in [5.41, 5.74) is 0.987. The van der Waals surface area contributed by atoms with Crippen molar-refractivity contribution in [3.8, 4) is 0 Å². The Bertz CT molecular complexity index is 617. The van der Waals surface area contributed by atoms with E-state index in [4.69, 9.17) is 4.74 Å². The average molecular weight is 364 g/mol. The van der Waals surface area contributed by atoms with Crippen LogP contribution in [0, 0.1) is 11.7 Å². The van der Waals surface area contributed by atoms with E-state index in [9.17, 15) is 14.0 Å². The zero-order valence-corrected chi connectivity index (χ0v) is 15.0. The molecule has 0 radical (unpaired) electrons. The van der Waals surface area contributed by atoms with Gasteiger partial charge in [-0.2, -0.15) is 0 Å². The first-order valence-electron chi connectivity index (χ1n) is 9.33. The number of ether oxygens (including phenoxy) is 1. The molecular weight excluding hydrogens is 337 g/mol. The summed E-state index contributed by atoms with van der Waals surface area (Å²) in [4.78, 5) is 27.7. The van der Waals surface area contributed by atoms with Crippen LogP contribution in [0.5, 0.6) is 0 Å². The van der Waals surface area contributed by atoms with E-state index in [2.05, 4.69) is 5.32 Å². The van der Waals surface area contributed by atoms with Crippen molar-refractivity contribution in [3.05, 3.63) is 35.6 Å². The fourth-order valence-electron chi connectivity index (χ4n) is 3.50. The predicted molar refractivity (Wildman–Crippen MR) is 94.2 cm³/mol. The normalized spacial score (nSPS) is 21.2. The van der Waals surface area contributed by atoms with E-state index in [-0.39, 0.29) is 30.0 Å². The molecule has 26 heavy (non-hydrogen) atoms. The van der Waals surface area contributed by atoms with Crippen molar-refractivity contribution in [3.63, 3.8) is 0 Å². The Morgan fingerprint density at radius 1 is 1.27 bits per heavy atom. The average Bonchev–Trinajstić information content (AvgIpc) is 3.03. The zero-order valence-electron chi connectivity index (χ0n) is 15.0. The quantitative estimate of drug-likeness (QED) is 0.669. The Hall–Kier alpha value is -1.99. The van der Waals surface area contributed by atoms with Gasteiger partial charge in [-0.25, -0.2) is 4.39 Å². The molecule has 7 heteroatoms.